The first kappa shape index (κ1) is 11.6. The summed E-state index contributed by atoms with van der Waals surface area (Å²) in [7, 11) is 0. The largest absolute Gasteiger partial charge is 0.314 e. The van der Waals surface area contributed by atoms with Crippen molar-refractivity contribution in [3.05, 3.63) is 30.1 Å². The first-order chi connectivity index (χ1) is 7.88. The van der Waals surface area contributed by atoms with E-state index in [4.69, 9.17) is 0 Å². The molecular formula is C14H22N2. The Balaban J connectivity index is 1.80. The third-order valence-electron chi connectivity index (χ3n) is 3.32. The Morgan fingerprint density at radius 1 is 1.50 bits per heavy atom. The molecule has 1 aliphatic carbocycles. The minimum absolute atomic E-state index is 0.634. The lowest BCUT2D eigenvalue weighted by molar-refractivity contribution is 0.462. The molecule has 1 fully saturated rings. The highest BCUT2D eigenvalue weighted by Crippen LogP contribution is 2.34. The molecule has 0 radical (unpaired) electrons. The zero-order valence-corrected chi connectivity index (χ0v) is 10.2. The Labute approximate surface area is 98.5 Å². The van der Waals surface area contributed by atoms with Crippen LogP contribution in [0.15, 0.2) is 24.5 Å². The van der Waals surface area contributed by atoms with Gasteiger partial charge in [0.15, 0.2) is 0 Å². The molecule has 1 N–H and O–H groups in total. The van der Waals surface area contributed by atoms with E-state index >= 15 is 0 Å². The van der Waals surface area contributed by atoms with E-state index in [-0.39, 0.29) is 0 Å². The molecule has 0 aliphatic heterocycles. The lowest BCUT2D eigenvalue weighted by atomic mass is 10.0. The second-order valence-corrected chi connectivity index (χ2v) is 4.84. The molecular weight excluding hydrogens is 196 g/mol. The van der Waals surface area contributed by atoms with Crippen LogP contribution in [0, 0.1) is 5.92 Å². The summed E-state index contributed by atoms with van der Waals surface area (Å²) in [5.41, 5.74) is 1.35. The zero-order valence-electron chi connectivity index (χ0n) is 10.2. The number of rotatable bonds is 7. The van der Waals surface area contributed by atoms with Crippen molar-refractivity contribution >= 4 is 0 Å². The van der Waals surface area contributed by atoms with Crippen LogP contribution < -0.4 is 5.32 Å². The Morgan fingerprint density at radius 3 is 3.00 bits per heavy atom. The molecule has 2 rings (SSSR count). The number of aromatic nitrogens is 1. The van der Waals surface area contributed by atoms with Gasteiger partial charge in [-0.15, -0.1) is 0 Å². The van der Waals surface area contributed by atoms with Crippen LogP contribution >= 0.6 is 0 Å². The van der Waals surface area contributed by atoms with Crippen molar-refractivity contribution < 1.29 is 0 Å². The molecule has 88 valence electrons. The number of hydrogen-bond acceptors (Lipinski definition) is 2. The van der Waals surface area contributed by atoms with Gasteiger partial charge in [0.1, 0.15) is 0 Å². The van der Waals surface area contributed by atoms with Gasteiger partial charge in [-0.25, -0.2) is 0 Å². The average Bonchev–Trinajstić information content (AvgIpc) is 3.11. The summed E-state index contributed by atoms with van der Waals surface area (Å²) in [6, 6.07) is 4.84. The van der Waals surface area contributed by atoms with Crippen molar-refractivity contribution in [2.45, 2.75) is 45.1 Å². The molecule has 1 heterocycles. The van der Waals surface area contributed by atoms with Crippen LogP contribution in [0.25, 0.3) is 0 Å². The molecule has 1 saturated carbocycles. The van der Waals surface area contributed by atoms with E-state index in [1.807, 2.05) is 18.5 Å². The molecule has 16 heavy (non-hydrogen) atoms. The van der Waals surface area contributed by atoms with Crippen molar-refractivity contribution in [2.75, 3.05) is 6.54 Å². The standard InChI is InChI=1S/C14H22N2/c1-2-16-14(8-7-12-5-6-12)10-13-4-3-9-15-11-13/h3-4,9,11-12,14,16H,2,5-8,10H2,1H3. The third kappa shape index (κ3) is 3.93. The summed E-state index contributed by atoms with van der Waals surface area (Å²) in [4.78, 5) is 4.18. The predicted octanol–water partition coefficient (Wildman–Crippen LogP) is 2.79. The average molecular weight is 218 g/mol. The highest BCUT2D eigenvalue weighted by atomic mass is 14.9. The van der Waals surface area contributed by atoms with Crippen LogP contribution in [-0.2, 0) is 6.42 Å². The topological polar surface area (TPSA) is 24.9 Å². The van der Waals surface area contributed by atoms with Gasteiger partial charge in [-0.1, -0.05) is 25.8 Å². The zero-order chi connectivity index (χ0) is 11.2. The molecule has 0 spiro atoms. The molecule has 1 atom stereocenters. The number of hydrogen-bond donors (Lipinski definition) is 1. The Hall–Kier alpha value is -0.890. The van der Waals surface area contributed by atoms with Crippen molar-refractivity contribution in [3.63, 3.8) is 0 Å². The van der Waals surface area contributed by atoms with Gasteiger partial charge in [0.05, 0.1) is 0 Å². The summed E-state index contributed by atoms with van der Waals surface area (Å²) in [5.74, 6) is 1.04. The van der Waals surface area contributed by atoms with Crippen molar-refractivity contribution in [2.24, 2.45) is 5.92 Å². The summed E-state index contributed by atoms with van der Waals surface area (Å²) in [5, 5.41) is 3.59. The molecule has 1 aliphatic rings. The molecule has 2 heteroatoms. The van der Waals surface area contributed by atoms with Gasteiger partial charge in [-0.2, -0.15) is 0 Å². The summed E-state index contributed by atoms with van der Waals surface area (Å²) >= 11 is 0. The van der Waals surface area contributed by atoms with E-state index < -0.39 is 0 Å². The van der Waals surface area contributed by atoms with Gasteiger partial charge >= 0.3 is 0 Å². The van der Waals surface area contributed by atoms with E-state index in [1.54, 1.807) is 0 Å². The Kier molecular flexibility index (Phi) is 4.34. The van der Waals surface area contributed by atoms with Gasteiger partial charge < -0.3 is 5.32 Å². The lowest BCUT2D eigenvalue weighted by Crippen LogP contribution is -2.31. The van der Waals surface area contributed by atoms with E-state index in [0.29, 0.717) is 6.04 Å². The maximum atomic E-state index is 4.18. The van der Waals surface area contributed by atoms with Crippen LogP contribution in [0.5, 0.6) is 0 Å². The highest BCUT2D eigenvalue weighted by Gasteiger charge is 2.22. The summed E-state index contributed by atoms with van der Waals surface area (Å²) in [6.07, 6.45) is 10.6. The van der Waals surface area contributed by atoms with Gasteiger partial charge in [0, 0.05) is 18.4 Å². The van der Waals surface area contributed by atoms with Crippen LogP contribution in [0.4, 0.5) is 0 Å². The second kappa shape index (κ2) is 6.00. The van der Waals surface area contributed by atoms with E-state index in [9.17, 15) is 0 Å². The fraction of sp³-hybridized carbons (Fsp3) is 0.643. The molecule has 2 nitrogen and oxygen atoms in total. The Morgan fingerprint density at radius 2 is 2.38 bits per heavy atom. The maximum Gasteiger partial charge on any atom is 0.0300 e. The van der Waals surface area contributed by atoms with Gasteiger partial charge in [0.2, 0.25) is 0 Å². The monoisotopic (exact) mass is 218 g/mol. The van der Waals surface area contributed by atoms with Crippen LogP contribution in [0.3, 0.4) is 0 Å². The van der Waals surface area contributed by atoms with E-state index in [0.717, 1.165) is 18.9 Å². The number of nitrogens with zero attached hydrogens (tertiary/aromatic N) is 1. The highest BCUT2D eigenvalue weighted by molar-refractivity contribution is 5.10. The third-order valence-corrected chi connectivity index (χ3v) is 3.32. The molecule has 0 aromatic carbocycles. The molecule has 0 amide bonds. The number of likely N-dealkylation sites (N-methyl/N-ethyl adjacent to an activating group) is 1. The van der Waals surface area contributed by atoms with E-state index in [1.165, 1.54) is 31.2 Å². The predicted molar refractivity (Wildman–Crippen MR) is 67.4 cm³/mol. The van der Waals surface area contributed by atoms with Crippen molar-refractivity contribution in [1.82, 2.24) is 10.3 Å². The normalized spacial score (nSPS) is 17.3. The van der Waals surface area contributed by atoms with Crippen LogP contribution in [0.2, 0.25) is 0 Å². The number of pyridine rings is 1. The quantitative estimate of drug-likeness (QED) is 0.761. The summed E-state index contributed by atoms with van der Waals surface area (Å²) < 4.78 is 0. The molecule has 1 aromatic rings. The minimum Gasteiger partial charge on any atom is -0.314 e. The maximum absolute atomic E-state index is 4.18. The SMILES string of the molecule is CCNC(CCC1CC1)Cc1cccnc1. The van der Waals surface area contributed by atoms with Gasteiger partial charge in [-0.05, 0) is 43.4 Å². The van der Waals surface area contributed by atoms with Gasteiger partial charge in [0.25, 0.3) is 0 Å². The number of nitrogens with one attached hydrogen (secondary N) is 1. The second-order valence-electron chi connectivity index (χ2n) is 4.84. The molecule has 0 saturated heterocycles. The Bertz CT molecular complexity index is 293. The summed E-state index contributed by atoms with van der Waals surface area (Å²) in [6.45, 7) is 3.25. The van der Waals surface area contributed by atoms with Crippen LogP contribution in [0.1, 0.15) is 38.2 Å². The van der Waals surface area contributed by atoms with Crippen molar-refractivity contribution in [3.8, 4) is 0 Å². The van der Waals surface area contributed by atoms with Crippen molar-refractivity contribution in [1.29, 1.82) is 0 Å². The molecule has 1 aromatic heterocycles. The van der Waals surface area contributed by atoms with E-state index in [2.05, 4.69) is 23.3 Å². The van der Waals surface area contributed by atoms with Gasteiger partial charge in [-0.3, -0.25) is 4.98 Å². The lowest BCUT2D eigenvalue weighted by Gasteiger charge is -2.17. The molecule has 0 bridgehead atoms. The first-order valence-corrected chi connectivity index (χ1v) is 6.50. The molecule has 1 unspecified atom stereocenters. The van der Waals surface area contributed by atoms with Crippen LogP contribution in [-0.4, -0.2) is 17.6 Å². The smallest absolute Gasteiger partial charge is 0.0300 e. The minimum atomic E-state index is 0.634. The first-order valence-electron chi connectivity index (χ1n) is 6.50. The fourth-order valence-corrected chi connectivity index (χ4v) is 2.21. The fourth-order valence-electron chi connectivity index (χ4n) is 2.21.